The molecule has 0 fully saturated rings. The standard InChI is InChI=1S/C17H14N2O5S/c18-13-3-1-2-11(6-13)17(21)19-15-8-12-7-14(20)5-4-10(12)9-16(15)25(22,23)24/h1-9,20H,18H2,(H,19,21)(H,22,23,24). The Hall–Kier alpha value is -3.10. The van der Waals surface area contributed by atoms with E-state index in [-0.39, 0.29) is 17.0 Å². The molecule has 7 nitrogen and oxygen atoms in total. The van der Waals surface area contributed by atoms with Crippen LogP contribution >= 0.6 is 0 Å². The number of nitrogens with one attached hydrogen (secondary N) is 1. The van der Waals surface area contributed by atoms with Crippen molar-refractivity contribution < 1.29 is 22.9 Å². The largest absolute Gasteiger partial charge is 0.508 e. The van der Waals surface area contributed by atoms with Crippen molar-refractivity contribution in [3.63, 3.8) is 0 Å². The number of rotatable bonds is 3. The number of nitrogen functional groups attached to an aromatic ring is 1. The lowest BCUT2D eigenvalue weighted by atomic mass is 10.1. The number of phenolic OH excluding ortho intramolecular Hbond substituents is 1. The first-order valence-corrected chi connectivity index (χ1v) is 8.59. The van der Waals surface area contributed by atoms with Crippen molar-refractivity contribution in [2.45, 2.75) is 4.90 Å². The van der Waals surface area contributed by atoms with E-state index in [1.54, 1.807) is 12.1 Å². The van der Waals surface area contributed by atoms with E-state index in [1.807, 2.05) is 0 Å². The molecule has 0 heterocycles. The summed E-state index contributed by atoms with van der Waals surface area (Å²) in [5.74, 6) is -0.600. The fourth-order valence-electron chi connectivity index (χ4n) is 2.45. The monoisotopic (exact) mass is 358 g/mol. The number of hydrogen-bond acceptors (Lipinski definition) is 5. The van der Waals surface area contributed by atoms with Crippen LogP contribution in [-0.2, 0) is 10.1 Å². The number of aromatic hydroxyl groups is 1. The van der Waals surface area contributed by atoms with Crippen LogP contribution in [0.25, 0.3) is 10.8 Å². The highest BCUT2D eigenvalue weighted by Gasteiger charge is 2.19. The summed E-state index contributed by atoms with van der Waals surface area (Å²) in [6.45, 7) is 0. The van der Waals surface area contributed by atoms with Gasteiger partial charge in [-0.1, -0.05) is 12.1 Å². The van der Waals surface area contributed by atoms with Crippen molar-refractivity contribution in [1.82, 2.24) is 0 Å². The summed E-state index contributed by atoms with van der Waals surface area (Å²) in [6.07, 6.45) is 0. The minimum absolute atomic E-state index is 0.0137. The smallest absolute Gasteiger partial charge is 0.296 e. The van der Waals surface area contributed by atoms with Gasteiger partial charge in [0, 0.05) is 11.3 Å². The van der Waals surface area contributed by atoms with Crippen LogP contribution in [-0.4, -0.2) is 24.0 Å². The summed E-state index contributed by atoms with van der Waals surface area (Å²) >= 11 is 0. The fraction of sp³-hybridized carbons (Fsp3) is 0. The quantitative estimate of drug-likeness (QED) is 0.421. The van der Waals surface area contributed by atoms with Crippen LogP contribution in [0.5, 0.6) is 5.75 Å². The molecule has 0 atom stereocenters. The Bertz CT molecular complexity index is 1090. The Morgan fingerprint density at radius 1 is 1.00 bits per heavy atom. The Labute approximate surface area is 143 Å². The zero-order valence-corrected chi connectivity index (χ0v) is 13.6. The first-order chi connectivity index (χ1) is 11.7. The topological polar surface area (TPSA) is 130 Å². The van der Waals surface area contributed by atoms with Crippen molar-refractivity contribution in [2.24, 2.45) is 0 Å². The number of phenols is 1. The van der Waals surface area contributed by atoms with E-state index < -0.39 is 20.9 Å². The van der Waals surface area contributed by atoms with Gasteiger partial charge in [-0.3, -0.25) is 9.35 Å². The number of amides is 1. The molecule has 0 aliphatic carbocycles. The zero-order valence-electron chi connectivity index (χ0n) is 12.8. The first kappa shape index (κ1) is 16.7. The highest BCUT2D eigenvalue weighted by Crippen LogP contribution is 2.30. The second-order valence-corrected chi connectivity index (χ2v) is 6.82. The van der Waals surface area contributed by atoms with Gasteiger partial charge in [-0.25, -0.2) is 0 Å². The van der Waals surface area contributed by atoms with Gasteiger partial charge in [-0.15, -0.1) is 0 Å². The van der Waals surface area contributed by atoms with Crippen LogP contribution < -0.4 is 11.1 Å². The number of fused-ring (bicyclic) bond motifs is 1. The lowest BCUT2D eigenvalue weighted by Gasteiger charge is -2.12. The van der Waals surface area contributed by atoms with Gasteiger partial charge in [0.25, 0.3) is 16.0 Å². The lowest BCUT2D eigenvalue weighted by Crippen LogP contribution is -2.15. The molecule has 128 valence electrons. The number of anilines is 2. The predicted octanol–water partition coefficient (Wildman–Crippen LogP) is 2.63. The van der Waals surface area contributed by atoms with Gasteiger partial charge < -0.3 is 16.2 Å². The summed E-state index contributed by atoms with van der Waals surface area (Å²) in [7, 11) is -4.57. The van der Waals surface area contributed by atoms with E-state index in [0.717, 1.165) is 0 Å². The molecule has 0 unspecified atom stereocenters. The first-order valence-electron chi connectivity index (χ1n) is 7.15. The molecule has 0 aliphatic heterocycles. The van der Waals surface area contributed by atoms with E-state index >= 15 is 0 Å². The van der Waals surface area contributed by atoms with Gasteiger partial charge >= 0.3 is 0 Å². The average molecular weight is 358 g/mol. The summed E-state index contributed by atoms with van der Waals surface area (Å²) in [5.41, 5.74) is 6.15. The Kier molecular flexibility index (Phi) is 4.07. The molecule has 0 radical (unpaired) electrons. The van der Waals surface area contributed by atoms with Crippen molar-refractivity contribution in [3.8, 4) is 5.75 Å². The lowest BCUT2D eigenvalue weighted by molar-refractivity contribution is 0.102. The number of carbonyl (C=O) groups is 1. The number of nitrogens with two attached hydrogens (primary N) is 1. The van der Waals surface area contributed by atoms with Gasteiger partial charge in [-0.05, 0) is 53.2 Å². The Morgan fingerprint density at radius 3 is 2.44 bits per heavy atom. The molecule has 0 bridgehead atoms. The maximum absolute atomic E-state index is 12.4. The highest BCUT2D eigenvalue weighted by atomic mass is 32.2. The van der Waals surface area contributed by atoms with Gasteiger partial charge in [-0.2, -0.15) is 8.42 Å². The third-order valence-corrected chi connectivity index (χ3v) is 4.49. The molecule has 25 heavy (non-hydrogen) atoms. The molecule has 3 aromatic carbocycles. The van der Waals surface area contributed by atoms with Crippen LogP contribution in [0.2, 0.25) is 0 Å². The number of carbonyl (C=O) groups excluding carboxylic acids is 1. The van der Waals surface area contributed by atoms with E-state index in [9.17, 15) is 22.9 Å². The minimum Gasteiger partial charge on any atom is -0.508 e. The second kappa shape index (κ2) is 6.08. The van der Waals surface area contributed by atoms with Crippen molar-refractivity contribution in [2.75, 3.05) is 11.1 Å². The van der Waals surface area contributed by atoms with Crippen LogP contribution in [0.3, 0.4) is 0 Å². The summed E-state index contributed by atoms with van der Waals surface area (Å²) in [6, 6.07) is 13.1. The van der Waals surface area contributed by atoms with E-state index in [2.05, 4.69) is 5.32 Å². The Morgan fingerprint density at radius 2 is 1.76 bits per heavy atom. The third kappa shape index (κ3) is 3.54. The molecular weight excluding hydrogens is 344 g/mol. The molecule has 0 aliphatic rings. The molecular formula is C17H14N2O5S. The van der Waals surface area contributed by atoms with Gasteiger partial charge in [0.2, 0.25) is 0 Å². The van der Waals surface area contributed by atoms with Gasteiger partial charge in [0.1, 0.15) is 10.6 Å². The fourth-order valence-corrected chi connectivity index (χ4v) is 3.11. The number of hydrogen-bond donors (Lipinski definition) is 4. The zero-order chi connectivity index (χ0) is 18.2. The van der Waals surface area contributed by atoms with Crippen molar-refractivity contribution >= 4 is 38.2 Å². The second-order valence-electron chi connectivity index (χ2n) is 5.43. The molecule has 0 spiro atoms. The normalized spacial score (nSPS) is 11.4. The maximum atomic E-state index is 12.4. The van der Waals surface area contributed by atoms with E-state index in [0.29, 0.717) is 16.5 Å². The summed E-state index contributed by atoms with van der Waals surface area (Å²) < 4.78 is 32.8. The Balaban J connectivity index is 2.11. The van der Waals surface area contributed by atoms with E-state index in [1.165, 1.54) is 42.5 Å². The molecule has 0 saturated heterocycles. The summed E-state index contributed by atoms with van der Waals surface area (Å²) in [4.78, 5) is 11.9. The summed E-state index contributed by atoms with van der Waals surface area (Å²) in [5, 5.41) is 13.0. The van der Waals surface area contributed by atoms with E-state index in [4.69, 9.17) is 5.73 Å². The van der Waals surface area contributed by atoms with Gasteiger partial charge in [0.15, 0.2) is 0 Å². The molecule has 0 saturated carbocycles. The molecule has 3 aromatic rings. The highest BCUT2D eigenvalue weighted by molar-refractivity contribution is 7.86. The molecule has 3 rings (SSSR count). The number of benzene rings is 3. The average Bonchev–Trinajstić information content (AvgIpc) is 2.53. The molecule has 5 N–H and O–H groups in total. The minimum atomic E-state index is -4.57. The van der Waals surface area contributed by atoms with Crippen LogP contribution in [0.1, 0.15) is 10.4 Å². The van der Waals surface area contributed by atoms with Crippen molar-refractivity contribution in [1.29, 1.82) is 0 Å². The third-order valence-electron chi connectivity index (χ3n) is 3.60. The SMILES string of the molecule is Nc1cccc(C(=O)Nc2cc3cc(O)ccc3cc2S(=O)(=O)O)c1. The molecule has 8 heteroatoms. The van der Waals surface area contributed by atoms with Crippen LogP contribution in [0, 0.1) is 0 Å². The predicted molar refractivity (Wildman–Crippen MR) is 94.2 cm³/mol. The maximum Gasteiger partial charge on any atom is 0.296 e. The molecule has 1 amide bonds. The molecule has 0 aromatic heterocycles. The van der Waals surface area contributed by atoms with Crippen molar-refractivity contribution in [3.05, 3.63) is 60.2 Å². The van der Waals surface area contributed by atoms with Crippen LogP contribution in [0.15, 0.2) is 59.5 Å². The van der Waals surface area contributed by atoms with Gasteiger partial charge in [0.05, 0.1) is 5.69 Å². The van der Waals surface area contributed by atoms with Crippen LogP contribution in [0.4, 0.5) is 11.4 Å².